The van der Waals surface area contributed by atoms with E-state index in [0.717, 1.165) is 31.1 Å². The van der Waals surface area contributed by atoms with Gasteiger partial charge in [-0.2, -0.15) is 13.2 Å². The number of alkyl halides is 3. The van der Waals surface area contributed by atoms with Gasteiger partial charge in [-0.25, -0.2) is 0 Å². The largest absolute Gasteiger partial charge is 0.416 e. The maximum Gasteiger partial charge on any atom is 0.416 e. The smallest absolute Gasteiger partial charge is 0.312 e. The van der Waals surface area contributed by atoms with Gasteiger partial charge in [0.05, 0.1) is 11.3 Å². The highest BCUT2D eigenvalue weighted by atomic mass is 32.2. The first-order valence-electron chi connectivity index (χ1n) is 6.75. The fourth-order valence-corrected chi connectivity index (χ4v) is 3.52. The van der Waals surface area contributed by atoms with Crippen molar-refractivity contribution in [2.24, 2.45) is 0 Å². The number of fused-ring (bicyclic) bond motifs is 1. The molecule has 2 aromatic carbocycles. The van der Waals surface area contributed by atoms with E-state index in [2.05, 4.69) is 10.4 Å². The van der Waals surface area contributed by atoms with E-state index >= 15 is 0 Å². The Morgan fingerprint density at radius 2 is 1.81 bits per heavy atom. The lowest BCUT2D eigenvalue weighted by atomic mass is 10.0. The van der Waals surface area contributed by atoms with Crippen LogP contribution in [0.5, 0.6) is 0 Å². The van der Waals surface area contributed by atoms with Crippen LogP contribution in [-0.4, -0.2) is 6.54 Å². The molecule has 0 fully saturated rings. The van der Waals surface area contributed by atoms with E-state index < -0.39 is 11.7 Å². The van der Waals surface area contributed by atoms with Gasteiger partial charge in [0.1, 0.15) is 0 Å². The number of halogens is 3. The molecule has 0 saturated carbocycles. The van der Waals surface area contributed by atoms with Crippen LogP contribution in [0.15, 0.2) is 53.4 Å². The molecule has 1 nitrogen and oxygen atoms in total. The van der Waals surface area contributed by atoms with Crippen LogP contribution >= 0.6 is 11.9 Å². The summed E-state index contributed by atoms with van der Waals surface area (Å²) in [4.78, 5) is 0.613. The van der Waals surface area contributed by atoms with Crippen LogP contribution in [0.2, 0.25) is 0 Å². The fourth-order valence-electron chi connectivity index (χ4n) is 2.45. The third-order valence-corrected chi connectivity index (χ3v) is 4.51. The van der Waals surface area contributed by atoms with Crippen molar-refractivity contribution in [2.75, 3.05) is 10.8 Å². The first-order chi connectivity index (χ1) is 10.0. The number of nitrogens with zero attached hydrogens (tertiary/aromatic N) is 1. The number of rotatable bonds is 2. The molecule has 0 aromatic heterocycles. The molecule has 0 radical (unpaired) electrons. The highest BCUT2D eigenvalue weighted by molar-refractivity contribution is 8.00. The molecule has 0 aliphatic carbocycles. The molecule has 0 spiro atoms. The minimum Gasteiger partial charge on any atom is -0.312 e. The molecule has 5 heteroatoms. The number of hydrogen-bond donors (Lipinski definition) is 0. The van der Waals surface area contributed by atoms with E-state index in [1.165, 1.54) is 29.6 Å². The fraction of sp³-hybridized carbons (Fsp3) is 0.250. The Labute approximate surface area is 125 Å². The van der Waals surface area contributed by atoms with Crippen LogP contribution in [0.25, 0.3) is 0 Å². The van der Waals surface area contributed by atoms with E-state index in [9.17, 15) is 13.2 Å². The minimum absolute atomic E-state index is 0.599. The van der Waals surface area contributed by atoms with E-state index in [-0.39, 0.29) is 0 Å². The second-order valence-electron chi connectivity index (χ2n) is 4.95. The highest BCUT2D eigenvalue weighted by Crippen LogP contribution is 2.37. The van der Waals surface area contributed by atoms with Crippen LogP contribution in [-0.2, 0) is 12.6 Å². The summed E-state index contributed by atoms with van der Waals surface area (Å²) in [5.74, 6) is 0. The zero-order chi connectivity index (χ0) is 14.9. The molecule has 110 valence electrons. The summed E-state index contributed by atoms with van der Waals surface area (Å²) >= 11 is 1.37. The predicted octanol–water partition coefficient (Wildman–Crippen LogP) is 5.17. The van der Waals surface area contributed by atoms with E-state index in [0.29, 0.717) is 4.90 Å². The van der Waals surface area contributed by atoms with Gasteiger partial charge in [-0.1, -0.05) is 24.3 Å². The standard InChI is InChI=1S/C16H14F3NS/c17-16(18,19)13-7-3-8-14(11-13)21-20-10-4-6-12-5-1-2-9-15(12)20/h1-3,5,7-9,11H,4,6,10H2. The number of hydrogen-bond acceptors (Lipinski definition) is 2. The van der Waals surface area contributed by atoms with Crippen molar-refractivity contribution in [1.29, 1.82) is 0 Å². The maximum absolute atomic E-state index is 12.8. The SMILES string of the molecule is FC(F)(F)c1cccc(SN2CCCc3ccccc32)c1. The maximum atomic E-state index is 12.8. The lowest BCUT2D eigenvalue weighted by Gasteiger charge is -2.30. The molecule has 0 N–H and O–H groups in total. The van der Waals surface area contributed by atoms with Crippen molar-refractivity contribution in [3.63, 3.8) is 0 Å². The molecule has 0 saturated heterocycles. The van der Waals surface area contributed by atoms with Crippen LogP contribution in [0.1, 0.15) is 17.5 Å². The van der Waals surface area contributed by atoms with E-state index in [1.54, 1.807) is 6.07 Å². The summed E-state index contributed by atoms with van der Waals surface area (Å²) in [6.45, 7) is 0.845. The third-order valence-electron chi connectivity index (χ3n) is 3.44. The molecule has 1 aliphatic rings. The molecule has 1 heterocycles. The molecular formula is C16H14F3NS. The highest BCUT2D eigenvalue weighted by Gasteiger charge is 2.30. The first-order valence-corrected chi connectivity index (χ1v) is 7.52. The summed E-state index contributed by atoms with van der Waals surface area (Å²) in [5, 5.41) is 0. The van der Waals surface area contributed by atoms with Gasteiger partial charge in [-0.05, 0) is 54.6 Å². The Kier molecular flexibility index (Phi) is 3.85. The molecular weight excluding hydrogens is 295 g/mol. The van der Waals surface area contributed by atoms with Gasteiger partial charge < -0.3 is 4.31 Å². The lowest BCUT2D eigenvalue weighted by molar-refractivity contribution is -0.137. The molecule has 21 heavy (non-hydrogen) atoms. The lowest BCUT2D eigenvalue weighted by Crippen LogP contribution is -2.22. The Balaban J connectivity index is 1.85. The first kappa shape index (κ1) is 14.3. The second-order valence-corrected chi connectivity index (χ2v) is 6.05. The van der Waals surface area contributed by atoms with Gasteiger partial charge in [0.2, 0.25) is 0 Å². The average molecular weight is 309 g/mol. The molecule has 2 aromatic rings. The Bertz CT molecular complexity index is 639. The van der Waals surface area contributed by atoms with Gasteiger partial charge in [0.15, 0.2) is 0 Å². The van der Waals surface area contributed by atoms with Crippen molar-refractivity contribution in [2.45, 2.75) is 23.9 Å². The van der Waals surface area contributed by atoms with E-state index in [1.807, 2.05) is 18.2 Å². The van der Waals surface area contributed by atoms with Crippen molar-refractivity contribution in [1.82, 2.24) is 0 Å². The van der Waals surface area contributed by atoms with Crippen molar-refractivity contribution < 1.29 is 13.2 Å². The predicted molar refractivity (Wildman–Crippen MR) is 79.4 cm³/mol. The topological polar surface area (TPSA) is 3.24 Å². The second kappa shape index (κ2) is 5.64. The number of para-hydroxylation sites is 1. The van der Waals surface area contributed by atoms with Crippen LogP contribution < -0.4 is 4.31 Å². The average Bonchev–Trinajstić information content (AvgIpc) is 2.47. The number of aryl methyl sites for hydroxylation is 1. The molecule has 0 amide bonds. The van der Waals surface area contributed by atoms with Gasteiger partial charge in [-0.3, -0.25) is 0 Å². The molecule has 0 unspecified atom stereocenters. The van der Waals surface area contributed by atoms with Crippen molar-refractivity contribution >= 4 is 17.6 Å². The zero-order valence-corrected chi connectivity index (χ0v) is 12.0. The van der Waals surface area contributed by atoms with Crippen LogP contribution in [0, 0.1) is 0 Å². The van der Waals surface area contributed by atoms with Gasteiger partial charge in [0, 0.05) is 11.4 Å². The zero-order valence-electron chi connectivity index (χ0n) is 11.2. The molecule has 0 bridgehead atoms. The van der Waals surface area contributed by atoms with Crippen LogP contribution in [0.4, 0.5) is 18.9 Å². The number of anilines is 1. The van der Waals surface area contributed by atoms with Crippen molar-refractivity contribution in [3.8, 4) is 0 Å². The van der Waals surface area contributed by atoms with E-state index in [4.69, 9.17) is 0 Å². The summed E-state index contributed by atoms with van der Waals surface area (Å²) in [5.41, 5.74) is 1.76. The molecule has 3 rings (SSSR count). The summed E-state index contributed by atoms with van der Waals surface area (Å²) in [7, 11) is 0. The summed E-state index contributed by atoms with van der Waals surface area (Å²) in [6.07, 6.45) is -2.25. The number of benzene rings is 2. The molecule has 0 atom stereocenters. The van der Waals surface area contributed by atoms with Gasteiger partial charge >= 0.3 is 6.18 Å². The van der Waals surface area contributed by atoms with Gasteiger partial charge in [0.25, 0.3) is 0 Å². The van der Waals surface area contributed by atoms with Crippen LogP contribution in [0.3, 0.4) is 0 Å². The minimum atomic E-state index is -4.30. The monoisotopic (exact) mass is 309 g/mol. The Morgan fingerprint density at radius 3 is 2.62 bits per heavy atom. The van der Waals surface area contributed by atoms with Crippen molar-refractivity contribution in [3.05, 3.63) is 59.7 Å². The normalized spacial score (nSPS) is 14.9. The Hall–Kier alpha value is -1.62. The van der Waals surface area contributed by atoms with Gasteiger partial charge in [-0.15, -0.1) is 0 Å². The quantitative estimate of drug-likeness (QED) is 0.704. The molecule has 1 aliphatic heterocycles. The summed E-state index contributed by atoms with van der Waals surface area (Å²) < 4.78 is 40.4. The Morgan fingerprint density at radius 1 is 1.00 bits per heavy atom. The summed E-state index contributed by atoms with van der Waals surface area (Å²) in [6, 6.07) is 13.6. The third kappa shape index (κ3) is 3.18.